The van der Waals surface area contributed by atoms with E-state index in [-0.39, 0.29) is 19.0 Å². The third-order valence-electron chi connectivity index (χ3n) is 4.17. The number of carbonyl (C=O) groups excluding carboxylic acids is 1. The Morgan fingerprint density at radius 1 is 1.00 bits per heavy atom. The van der Waals surface area contributed by atoms with Gasteiger partial charge in [0.1, 0.15) is 6.54 Å². The van der Waals surface area contributed by atoms with Gasteiger partial charge >= 0.3 is 5.97 Å². The van der Waals surface area contributed by atoms with Gasteiger partial charge in [-0.1, -0.05) is 36.4 Å². The molecule has 0 aliphatic heterocycles. The molecule has 0 aliphatic carbocycles. The maximum atomic E-state index is 12.2. The quantitative estimate of drug-likeness (QED) is 0.582. The molecule has 0 fully saturated rings. The van der Waals surface area contributed by atoms with Crippen LogP contribution < -0.4 is 10.2 Å². The lowest BCUT2D eigenvalue weighted by Gasteiger charge is -2.22. The number of anilines is 1. The zero-order valence-corrected chi connectivity index (χ0v) is 14.3. The fourth-order valence-corrected chi connectivity index (χ4v) is 2.94. The Labute approximate surface area is 151 Å². The minimum Gasteiger partial charge on any atom is -0.480 e. The van der Waals surface area contributed by atoms with Crippen LogP contribution in [-0.4, -0.2) is 41.6 Å². The summed E-state index contributed by atoms with van der Waals surface area (Å²) < 4.78 is 0. The predicted octanol–water partition coefficient (Wildman–Crippen LogP) is 2.42. The molecule has 26 heavy (non-hydrogen) atoms. The minimum absolute atomic E-state index is 0.00416. The highest BCUT2D eigenvalue weighted by Crippen LogP contribution is 2.17. The number of carboxylic acids is 1. The Kier molecular flexibility index (Phi) is 5.53. The standard InChI is InChI=1S/C20H21N3O3/c24-19(13-23(14-20(25)26)16-6-2-1-3-7-16)21-11-10-15-12-22-18-9-5-4-8-17(15)18/h1-9,12,22H,10-11,13-14H2,(H,21,24)(H,25,26). The van der Waals surface area contributed by atoms with Gasteiger partial charge in [0.05, 0.1) is 6.54 Å². The molecule has 6 nitrogen and oxygen atoms in total. The maximum Gasteiger partial charge on any atom is 0.323 e. The first-order chi connectivity index (χ1) is 12.6. The Bertz CT molecular complexity index is 889. The molecule has 0 spiro atoms. The van der Waals surface area contributed by atoms with Crippen LogP contribution in [0.1, 0.15) is 5.56 Å². The van der Waals surface area contributed by atoms with Gasteiger partial charge in [0.25, 0.3) is 0 Å². The SMILES string of the molecule is O=C(O)CN(CC(=O)NCCc1c[nH]c2ccccc12)c1ccccc1. The smallest absolute Gasteiger partial charge is 0.323 e. The van der Waals surface area contributed by atoms with E-state index in [4.69, 9.17) is 5.11 Å². The van der Waals surface area contributed by atoms with Crippen molar-refractivity contribution in [2.45, 2.75) is 6.42 Å². The van der Waals surface area contributed by atoms with E-state index in [1.165, 1.54) is 0 Å². The number of hydrogen-bond acceptors (Lipinski definition) is 3. The van der Waals surface area contributed by atoms with E-state index in [0.29, 0.717) is 18.7 Å². The number of H-pyrrole nitrogens is 1. The average molecular weight is 351 g/mol. The van der Waals surface area contributed by atoms with Gasteiger partial charge in [0, 0.05) is 29.3 Å². The lowest BCUT2D eigenvalue weighted by atomic mass is 10.1. The highest BCUT2D eigenvalue weighted by Gasteiger charge is 2.14. The molecule has 0 aliphatic rings. The van der Waals surface area contributed by atoms with Gasteiger partial charge in [-0.2, -0.15) is 0 Å². The zero-order valence-electron chi connectivity index (χ0n) is 14.3. The fourth-order valence-electron chi connectivity index (χ4n) is 2.94. The molecule has 0 radical (unpaired) electrons. The van der Waals surface area contributed by atoms with Crippen molar-refractivity contribution in [3.05, 3.63) is 66.4 Å². The summed E-state index contributed by atoms with van der Waals surface area (Å²) in [6, 6.07) is 17.1. The first-order valence-corrected chi connectivity index (χ1v) is 8.47. The molecule has 3 N–H and O–H groups in total. The number of fused-ring (bicyclic) bond motifs is 1. The number of aromatic nitrogens is 1. The molecule has 1 heterocycles. The summed E-state index contributed by atoms with van der Waals surface area (Å²) in [5.74, 6) is -1.17. The first-order valence-electron chi connectivity index (χ1n) is 8.47. The van der Waals surface area contributed by atoms with Crippen molar-refractivity contribution in [2.75, 3.05) is 24.5 Å². The van der Waals surface area contributed by atoms with Crippen LogP contribution in [0.5, 0.6) is 0 Å². The van der Waals surface area contributed by atoms with E-state index in [0.717, 1.165) is 16.5 Å². The number of carbonyl (C=O) groups is 2. The summed E-state index contributed by atoms with van der Waals surface area (Å²) in [7, 11) is 0. The van der Waals surface area contributed by atoms with Crippen molar-refractivity contribution >= 4 is 28.5 Å². The summed E-state index contributed by atoms with van der Waals surface area (Å²) >= 11 is 0. The number of carboxylic acid groups (broad SMARTS) is 1. The summed E-state index contributed by atoms with van der Waals surface area (Å²) in [6.45, 7) is 0.278. The molecule has 0 unspecified atom stereocenters. The molecule has 0 bridgehead atoms. The second kappa shape index (κ2) is 8.20. The summed E-state index contributed by atoms with van der Waals surface area (Å²) in [6.07, 6.45) is 2.66. The molecule has 1 amide bonds. The van der Waals surface area contributed by atoms with Crippen LogP contribution in [0, 0.1) is 0 Å². The van der Waals surface area contributed by atoms with Crippen molar-refractivity contribution < 1.29 is 14.7 Å². The molecule has 2 aromatic carbocycles. The van der Waals surface area contributed by atoms with E-state index < -0.39 is 5.97 Å². The molecule has 3 aromatic rings. The topological polar surface area (TPSA) is 85.4 Å². The normalized spacial score (nSPS) is 10.6. The number of para-hydroxylation sites is 2. The van der Waals surface area contributed by atoms with E-state index in [9.17, 15) is 9.59 Å². The van der Waals surface area contributed by atoms with Gasteiger partial charge < -0.3 is 20.3 Å². The molecular weight excluding hydrogens is 330 g/mol. The molecule has 0 saturated carbocycles. The Hall–Kier alpha value is -3.28. The summed E-state index contributed by atoms with van der Waals surface area (Å²) in [5, 5.41) is 13.1. The summed E-state index contributed by atoms with van der Waals surface area (Å²) in [4.78, 5) is 28.1. The van der Waals surface area contributed by atoms with Crippen molar-refractivity contribution in [3.8, 4) is 0 Å². The second-order valence-electron chi connectivity index (χ2n) is 6.04. The largest absolute Gasteiger partial charge is 0.480 e. The highest BCUT2D eigenvalue weighted by molar-refractivity contribution is 5.85. The highest BCUT2D eigenvalue weighted by atomic mass is 16.4. The average Bonchev–Trinajstić information content (AvgIpc) is 3.05. The molecule has 134 valence electrons. The Morgan fingerprint density at radius 3 is 2.50 bits per heavy atom. The van der Waals surface area contributed by atoms with Crippen LogP contribution in [0.25, 0.3) is 10.9 Å². The van der Waals surface area contributed by atoms with E-state index >= 15 is 0 Å². The molecule has 6 heteroatoms. The van der Waals surface area contributed by atoms with Gasteiger partial charge in [0.2, 0.25) is 5.91 Å². The molecule has 3 rings (SSSR count). The number of aliphatic carboxylic acids is 1. The van der Waals surface area contributed by atoms with E-state index in [2.05, 4.69) is 10.3 Å². The Morgan fingerprint density at radius 2 is 1.73 bits per heavy atom. The van der Waals surface area contributed by atoms with Gasteiger partial charge in [-0.25, -0.2) is 0 Å². The lowest BCUT2D eigenvalue weighted by Crippen LogP contribution is -2.40. The number of rotatable bonds is 8. The number of nitrogens with one attached hydrogen (secondary N) is 2. The van der Waals surface area contributed by atoms with Crippen LogP contribution in [0.3, 0.4) is 0 Å². The summed E-state index contributed by atoms with van der Waals surface area (Å²) in [5.41, 5.74) is 2.93. The molecule has 0 atom stereocenters. The predicted molar refractivity (Wildman–Crippen MR) is 101 cm³/mol. The van der Waals surface area contributed by atoms with Crippen molar-refractivity contribution in [1.29, 1.82) is 0 Å². The van der Waals surface area contributed by atoms with Crippen LogP contribution >= 0.6 is 0 Å². The maximum absolute atomic E-state index is 12.2. The van der Waals surface area contributed by atoms with Gasteiger partial charge in [-0.15, -0.1) is 0 Å². The van der Waals surface area contributed by atoms with Crippen LogP contribution in [0.15, 0.2) is 60.8 Å². The number of nitrogens with zero attached hydrogens (tertiary/aromatic N) is 1. The monoisotopic (exact) mass is 351 g/mol. The van der Waals surface area contributed by atoms with Crippen LogP contribution in [-0.2, 0) is 16.0 Å². The van der Waals surface area contributed by atoms with E-state index in [1.807, 2.05) is 48.7 Å². The fraction of sp³-hybridized carbons (Fsp3) is 0.200. The van der Waals surface area contributed by atoms with Crippen molar-refractivity contribution in [1.82, 2.24) is 10.3 Å². The first kappa shape index (κ1) is 17.5. The van der Waals surface area contributed by atoms with Crippen LogP contribution in [0.2, 0.25) is 0 Å². The molecule has 1 aromatic heterocycles. The van der Waals surface area contributed by atoms with Crippen molar-refractivity contribution in [2.24, 2.45) is 0 Å². The third-order valence-corrected chi connectivity index (χ3v) is 4.17. The number of aromatic amines is 1. The second-order valence-corrected chi connectivity index (χ2v) is 6.04. The number of benzene rings is 2. The van der Waals surface area contributed by atoms with Crippen molar-refractivity contribution in [3.63, 3.8) is 0 Å². The third kappa shape index (κ3) is 4.42. The molecule has 0 saturated heterocycles. The Balaban J connectivity index is 1.56. The molecular formula is C20H21N3O3. The van der Waals surface area contributed by atoms with Gasteiger partial charge in [-0.05, 0) is 30.2 Å². The number of amides is 1. The van der Waals surface area contributed by atoms with E-state index in [1.54, 1.807) is 17.0 Å². The van der Waals surface area contributed by atoms with Gasteiger partial charge in [-0.3, -0.25) is 9.59 Å². The zero-order chi connectivity index (χ0) is 18.4. The van der Waals surface area contributed by atoms with Gasteiger partial charge in [0.15, 0.2) is 0 Å². The number of hydrogen-bond donors (Lipinski definition) is 3. The van der Waals surface area contributed by atoms with Crippen LogP contribution in [0.4, 0.5) is 5.69 Å². The lowest BCUT2D eigenvalue weighted by molar-refractivity contribution is -0.135. The minimum atomic E-state index is -0.972.